The first-order valence-corrected chi connectivity index (χ1v) is 11.0. The molecule has 0 aromatic heterocycles. The zero-order valence-electron chi connectivity index (χ0n) is 17.7. The van der Waals surface area contributed by atoms with E-state index < -0.39 is 0 Å². The van der Waals surface area contributed by atoms with Crippen molar-refractivity contribution in [2.45, 2.75) is 38.6 Å². The number of benzene rings is 1. The summed E-state index contributed by atoms with van der Waals surface area (Å²) >= 11 is 0. The number of ether oxygens (including phenoxy) is 1. The Labute approximate surface area is 177 Å². The Kier molecular flexibility index (Phi) is 6.37. The highest BCUT2D eigenvalue weighted by atomic mass is 16.5. The average molecular weight is 414 g/mol. The van der Waals surface area contributed by atoms with E-state index in [2.05, 4.69) is 17.0 Å². The predicted octanol–water partition coefficient (Wildman–Crippen LogP) is 1.90. The number of hydrogen-bond acceptors (Lipinski definition) is 5. The lowest BCUT2D eigenvalue weighted by molar-refractivity contribution is -0.141. The molecular weight excluding hydrogens is 382 g/mol. The molecule has 1 saturated carbocycles. The van der Waals surface area contributed by atoms with Gasteiger partial charge in [-0.1, -0.05) is 25.0 Å². The van der Waals surface area contributed by atoms with Gasteiger partial charge in [0, 0.05) is 45.7 Å². The lowest BCUT2D eigenvalue weighted by Crippen LogP contribution is -2.49. The number of carbonyl (C=O) groups is 3. The topological polar surface area (TPSA) is 70.2 Å². The van der Waals surface area contributed by atoms with Gasteiger partial charge in [-0.25, -0.2) is 0 Å². The van der Waals surface area contributed by atoms with Gasteiger partial charge in [-0.2, -0.15) is 0 Å². The maximum Gasteiger partial charge on any atom is 0.233 e. The number of methoxy groups -OCH3 is 1. The molecule has 1 aromatic rings. The van der Waals surface area contributed by atoms with E-state index in [9.17, 15) is 14.4 Å². The minimum Gasteiger partial charge on any atom is -0.497 e. The predicted molar refractivity (Wildman–Crippen MR) is 112 cm³/mol. The number of fused-ring (bicyclic) bond motifs is 1. The molecule has 0 radical (unpaired) electrons. The molecule has 30 heavy (non-hydrogen) atoms. The second-order valence-corrected chi connectivity index (χ2v) is 8.58. The van der Waals surface area contributed by atoms with Crippen LogP contribution in [0, 0.1) is 11.8 Å². The molecule has 0 bridgehead atoms. The maximum atomic E-state index is 12.7. The number of amides is 3. The van der Waals surface area contributed by atoms with Crippen LogP contribution < -0.4 is 4.74 Å². The molecule has 162 valence electrons. The normalized spacial score (nSPS) is 24.8. The number of hydrogen-bond donors (Lipinski definition) is 0. The summed E-state index contributed by atoms with van der Waals surface area (Å²) in [5.41, 5.74) is 1.23. The van der Waals surface area contributed by atoms with E-state index in [0.717, 1.165) is 51.1 Å². The Hall–Kier alpha value is -2.41. The molecule has 2 atom stereocenters. The Balaban J connectivity index is 1.22. The lowest BCUT2D eigenvalue weighted by Gasteiger charge is -2.35. The summed E-state index contributed by atoms with van der Waals surface area (Å²) in [5.74, 6) is 0.507. The molecule has 1 aliphatic carbocycles. The largest absolute Gasteiger partial charge is 0.497 e. The van der Waals surface area contributed by atoms with E-state index in [0.29, 0.717) is 13.1 Å². The van der Waals surface area contributed by atoms with E-state index in [1.54, 1.807) is 7.11 Å². The Morgan fingerprint density at radius 2 is 1.57 bits per heavy atom. The van der Waals surface area contributed by atoms with Crippen LogP contribution in [0.2, 0.25) is 0 Å². The van der Waals surface area contributed by atoms with Crippen molar-refractivity contribution in [2.75, 3.05) is 39.8 Å². The molecule has 0 N–H and O–H groups in total. The molecule has 0 spiro atoms. The fraction of sp³-hybridized carbons (Fsp3) is 0.609. The van der Waals surface area contributed by atoms with Crippen LogP contribution in [0.5, 0.6) is 5.75 Å². The standard InChI is InChI=1S/C23H31N3O4/c1-30-18-8-6-17(7-9-18)16-24-12-14-25(15-13-24)21(27)10-11-26-22(28)19-4-2-3-5-20(19)23(26)29/h6-9,19-20H,2-5,10-16H2,1H3/t19-,20-/m1/s1. The smallest absolute Gasteiger partial charge is 0.233 e. The quantitative estimate of drug-likeness (QED) is 0.667. The monoisotopic (exact) mass is 413 g/mol. The summed E-state index contributed by atoms with van der Waals surface area (Å²) < 4.78 is 5.20. The van der Waals surface area contributed by atoms with Gasteiger partial charge in [-0.05, 0) is 30.5 Å². The third-order valence-electron chi connectivity index (χ3n) is 6.77. The minimum atomic E-state index is -0.136. The zero-order valence-corrected chi connectivity index (χ0v) is 17.7. The van der Waals surface area contributed by atoms with Crippen molar-refractivity contribution in [1.29, 1.82) is 0 Å². The Morgan fingerprint density at radius 1 is 0.967 bits per heavy atom. The number of likely N-dealkylation sites (tertiary alicyclic amines) is 1. The highest BCUT2D eigenvalue weighted by Gasteiger charge is 2.47. The van der Waals surface area contributed by atoms with Crippen LogP contribution in [-0.4, -0.2) is 72.3 Å². The third kappa shape index (κ3) is 4.36. The van der Waals surface area contributed by atoms with Gasteiger partial charge in [0.15, 0.2) is 0 Å². The summed E-state index contributed by atoms with van der Waals surface area (Å²) in [6.07, 6.45) is 3.91. The summed E-state index contributed by atoms with van der Waals surface area (Å²) in [4.78, 5) is 43.3. The molecule has 0 unspecified atom stereocenters. The van der Waals surface area contributed by atoms with Crippen molar-refractivity contribution in [3.63, 3.8) is 0 Å². The van der Waals surface area contributed by atoms with Gasteiger partial charge in [-0.15, -0.1) is 0 Å². The van der Waals surface area contributed by atoms with E-state index in [1.165, 1.54) is 10.5 Å². The van der Waals surface area contributed by atoms with Gasteiger partial charge in [0.1, 0.15) is 5.75 Å². The van der Waals surface area contributed by atoms with Crippen LogP contribution in [0.3, 0.4) is 0 Å². The molecule has 4 rings (SSSR count). The van der Waals surface area contributed by atoms with Crippen molar-refractivity contribution in [1.82, 2.24) is 14.7 Å². The van der Waals surface area contributed by atoms with E-state index in [1.807, 2.05) is 17.0 Å². The summed E-state index contributed by atoms with van der Waals surface area (Å²) in [6, 6.07) is 8.06. The summed E-state index contributed by atoms with van der Waals surface area (Å²) in [7, 11) is 1.66. The van der Waals surface area contributed by atoms with Crippen molar-refractivity contribution >= 4 is 17.7 Å². The first kappa shape index (κ1) is 20.8. The number of imide groups is 1. The first-order chi connectivity index (χ1) is 14.6. The van der Waals surface area contributed by atoms with E-state index in [4.69, 9.17) is 4.74 Å². The van der Waals surface area contributed by atoms with Gasteiger partial charge in [0.05, 0.1) is 18.9 Å². The van der Waals surface area contributed by atoms with Gasteiger partial charge in [0.25, 0.3) is 0 Å². The second kappa shape index (κ2) is 9.16. The van der Waals surface area contributed by atoms with Gasteiger partial charge < -0.3 is 9.64 Å². The molecule has 3 fully saturated rings. The van der Waals surface area contributed by atoms with Gasteiger partial charge in [-0.3, -0.25) is 24.2 Å². The molecular formula is C23H31N3O4. The lowest BCUT2D eigenvalue weighted by atomic mass is 9.81. The number of carbonyl (C=O) groups excluding carboxylic acids is 3. The SMILES string of the molecule is COc1ccc(CN2CCN(C(=O)CCN3C(=O)[C@@H]4CCCC[C@H]4C3=O)CC2)cc1. The van der Waals surface area contributed by atoms with Crippen LogP contribution in [-0.2, 0) is 20.9 Å². The number of nitrogens with zero attached hydrogens (tertiary/aromatic N) is 3. The van der Waals surface area contributed by atoms with Crippen LogP contribution in [0.25, 0.3) is 0 Å². The Morgan fingerprint density at radius 3 is 2.13 bits per heavy atom. The summed E-state index contributed by atoms with van der Waals surface area (Å²) in [6.45, 7) is 4.10. The van der Waals surface area contributed by atoms with Gasteiger partial charge >= 0.3 is 0 Å². The summed E-state index contributed by atoms with van der Waals surface area (Å²) in [5, 5.41) is 0. The van der Waals surface area contributed by atoms with Crippen molar-refractivity contribution in [3.05, 3.63) is 29.8 Å². The second-order valence-electron chi connectivity index (χ2n) is 8.58. The molecule has 2 heterocycles. The van der Waals surface area contributed by atoms with Crippen molar-refractivity contribution in [3.8, 4) is 5.75 Å². The first-order valence-electron chi connectivity index (χ1n) is 11.0. The molecule has 1 aromatic carbocycles. The van der Waals surface area contributed by atoms with Gasteiger partial charge in [0.2, 0.25) is 17.7 Å². The molecule has 7 nitrogen and oxygen atoms in total. The van der Waals surface area contributed by atoms with E-state index >= 15 is 0 Å². The minimum absolute atomic E-state index is 0.0366. The maximum absolute atomic E-state index is 12.7. The fourth-order valence-electron chi connectivity index (χ4n) is 4.96. The molecule has 2 saturated heterocycles. The Bertz CT molecular complexity index is 762. The molecule has 3 amide bonds. The highest BCUT2D eigenvalue weighted by molar-refractivity contribution is 6.05. The molecule has 7 heteroatoms. The van der Waals surface area contributed by atoms with E-state index in [-0.39, 0.29) is 42.5 Å². The molecule has 3 aliphatic rings. The van der Waals surface area contributed by atoms with Crippen molar-refractivity contribution < 1.29 is 19.1 Å². The van der Waals surface area contributed by atoms with Crippen molar-refractivity contribution in [2.24, 2.45) is 11.8 Å². The van der Waals surface area contributed by atoms with Crippen LogP contribution in [0.4, 0.5) is 0 Å². The average Bonchev–Trinajstić information content (AvgIpc) is 3.03. The van der Waals surface area contributed by atoms with Crippen LogP contribution >= 0.6 is 0 Å². The highest BCUT2D eigenvalue weighted by Crippen LogP contribution is 2.38. The number of rotatable bonds is 6. The van der Waals surface area contributed by atoms with Crippen LogP contribution in [0.15, 0.2) is 24.3 Å². The fourth-order valence-corrected chi connectivity index (χ4v) is 4.96. The van der Waals surface area contributed by atoms with Crippen LogP contribution in [0.1, 0.15) is 37.7 Å². The zero-order chi connectivity index (χ0) is 21.1. The molecule has 2 aliphatic heterocycles. The number of piperazine rings is 1. The third-order valence-corrected chi connectivity index (χ3v) is 6.77.